The number of amides is 2. The molecule has 0 saturated carbocycles. The van der Waals surface area contributed by atoms with Gasteiger partial charge in [0.15, 0.2) is 0 Å². The fourth-order valence-electron chi connectivity index (χ4n) is 1.35. The van der Waals surface area contributed by atoms with E-state index in [2.05, 4.69) is 20.6 Å². The average molecular weight is 279 g/mol. The van der Waals surface area contributed by atoms with Gasteiger partial charge in [-0.2, -0.15) is 0 Å². The third kappa shape index (κ3) is 3.82. The number of anilines is 2. The fourth-order valence-corrected chi connectivity index (χ4v) is 1.52. The number of carbonyl (C=O) groups excluding carboxylic acids is 1. The summed E-state index contributed by atoms with van der Waals surface area (Å²) in [6.45, 7) is 0. The van der Waals surface area contributed by atoms with Crippen LogP contribution in [-0.4, -0.2) is 23.1 Å². The number of pyridine rings is 2. The summed E-state index contributed by atoms with van der Waals surface area (Å²) >= 11 is 5.72. The largest absolute Gasteiger partial charge is 0.481 e. The molecular formula is C12H11ClN4O2. The van der Waals surface area contributed by atoms with Gasteiger partial charge >= 0.3 is 6.03 Å². The molecule has 0 aromatic carbocycles. The Balaban J connectivity index is 1.97. The van der Waals surface area contributed by atoms with E-state index in [1.807, 2.05) is 0 Å². The maximum atomic E-state index is 11.7. The van der Waals surface area contributed by atoms with E-state index in [0.717, 1.165) is 0 Å². The SMILES string of the molecule is COc1ccc(NC(=O)Nc2ccnc(Cl)c2)cn1. The summed E-state index contributed by atoms with van der Waals surface area (Å²) in [6, 6.07) is 6.13. The summed E-state index contributed by atoms with van der Waals surface area (Å²) in [7, 11) is 1.52. The molecule has 2 heterocycles. The predicted octanol–water partition coefficient (Wildman–Crippen LogP) is 2.78. The highest BCUT2D eigenvalue weighted by Gasteiger charge is 2.04. The highest BCUT2D eigenvalue weighted by Crippen LogP contribution is 2.14. The molecule has 0 aliphatic carbocycles. The molecule has 0 atom stereocenters. The van der Waals surface area contributed by atoms with E-state index >= 15 is 0 Å². The number of ether oxygens (including phenoxy) is 1. The molecule has 0 fully saturated rings. The minimum Gasteiger partial charge on any atom is -0.481 e. The Morgan fingerprint density at radius 2 is 2.00 bits per heavy atom. The van der Waals surface area contributed by atoms with Crippen LogP contribution < -0.4 is 15.4 Å². The Labute approximate surface area is 114 Å². The van der Waals surface area contributed by atoms with Gasteiger partial charge in [-0.1, -0.05) is 11.6 Å². The van der Waals surface area contributed by atoms with Gasteiger partial charge in [-0.3, -0.25) is 0 Å². The zero-order valence-electron chi connectivity index (χ0n) is 10.1. The minimum absolute atomic E-state index is 0.309. The van der Waals surface area contributed by atoms with Crippen LogP contribution >= 0.6 is 11.6 Å². The van der Waals surface area contributed by atoms with Gasteiger partial charge in [0, 0.05) is 18.0 Å². The lowest BCUT2D eigenvalue weighted by Crippen LogP contribution is -2.19. The summed E-state index contributed by atoms with van der Waals surface area (Å²) in [4.78, 5) is 19.5. The number of aromatic nitrogens is 2. The van der Waals surface area contributed by atoms with Gasteiger partial charge in [-0.25, -0.2) is 14.8 Å². The third-order valence-corrected chi connectivity index (χ3v) is 2.39. The normalized spacial score (nSPS) is 9.79. The molecule has 0 aliphatic rings. The van der Waals surface area contributed by atoms with Crippen molar-refractivity contribution in [1.82, 2.24) is 9.97 Å². The lowest BCUT2D eigenvalue weighted by Gasteiger charge is -2.07. The molecule has 0 bridgehead atoms. The van der Waals surface area contributed by atoms with Gasteiger partial charge < -0.3 is 15.4 Å². The second-order valence-corrected chi connectivity index (χ2v) is 3.92. The van der Waals surface area contributed by atoms with Crippen LogP contribution in [0.3, 0.4) is 0 Å². The number of rotatable bonds is 3. The van der Waals surface area contributed by atoms with Crippen molar-refractivity contribution in [3.8, 4) is 5.88 Å². The summed E-state index contributed by atoms with van der Waals surface area (Å²) in [5, 5.41) is 5.57. The summed E-state index contributed by atoms with van der Waals surface area (Å²) in [6.07, 6.45) is 3.00. The van der Waals surface area contributed by atoms with Crippen LogP contribution in [0.25, 0.3) is 0 Å². The van der Waals surface area contributed by atoms with E-state index in [4.69, 9.17) is 16.3 Å². The van der Waals surface area contributed by atoms with Gasteiger partial charge in [0.1, 0.15) is 5.15 Å². The summed E-state index contributed by atoms with van der Waals surface area (Å²) < 4.78 is 4.92. The van der Waals surface area contributed by atoms with Crippen molar-refractivity contribution < 1.29 is 9.53 Å². The molecule has 2 N–H and O–H groups in total. The number of methoxy groups -OCH3 is 1. The molecule has 6 nitrogen and oxygen atoms in total. The van der Waals surface area contributed by atoms with Crippen molar-refractivity contribution in [2.75, 3.05) is 17.7 Å². The van der Waals surface area contributed by atoms with Crippen LogP contribution in [0.15, 0.2) is 36.7 Å². The highest BCUT2D eigenvalue weighted by molar-refractivity contribution is 6.29. The van der Waals surface area contributed by atoms with Crippen molar-refractivity contribution in [3.05, 3.63) is 41.8 Å². The molecule has 98 valence electrons. The second kappa shape index (κ2) is 6.01. The van der Waals surface area contributed by atoms with Crippen LogP contribution in [0.2, 0.25) is 5.15 Å². The Kier molecular flexibility index (Phi) is 4.15. The van der Waals surface area contributed by atoms with Crippen molar-refractivity contribution in [1.29, 1.82) is 0 Å². The maximum Gasteiger partial charge on any atom is 0.323 e. The third-order valence-electron chi connectivity index (χ3n) is 2.19. The zero-order valence-corrected chi connectivity index (χ0v) is 10.8. The molecule has 2 rings (SSSR count). The number of urea groups is 1. The predicted molar refractivity (Wildman–Crippen MR) is 72.7 cm³/mol. The maximum absolute atomic E-state index is 11.7. The van der Waals surface area contributed by atoms with E-state index in [0.29, 0.717) is 22.4 Å². The van der Waals surface area contributed by atoms with Crippen LogP contribution in [0.4, 0.5) is 16.2 Å². The smallest absolute Gasteiger partial charge is 0.323 e. The van der Waals surface area contributed by atoms with E-state index in [9.17, 15) is 4.79 Å². The molecule has 2 aromatic heterocycles. The highest BCUT2D eigenvalue weighted by atomic mass is 35.5. The Bertz CT molecular complexity index is 574. The van der Waals surface area contributed by atoms with Gasteiger partial charge in [0.05, 0.1) is 19.0 Å². The monoisotopic (exact) mass is 278 g/mol. The zero-order chi connectivity index (χ0) is 13.7. The average Bonchev–Trinajstić information content (AvgIpc) is 2.39. The number of carbonyl (C=O) groups is 1. The van der Waals surface area contributed by atoms with E-state index < -0.39 is 6.03 Å². The van der Waals surface area contributed by atoms with Gasteiger partial charge in [-0.05, 0) is 18.2 Å². The second-order valence-electron chi connectivity index (χ2n) is 3.54. The van der Waals surface area contributed by atoms with Crippen molar-refractivity contribution in [2.24, 2.45) is 0 Å². The van der Waals surface area contributed by atoms with E-state index in [1.54, 1.807) is 24.3 Å². The van der Waals surface area contributed by atoms with E-state index in [-0.39, 0.29) is 0 Å². The molecule has 2 aromatic rings. The van der Waals surface area contributed by atoms with Crippen LogP contribution in [-0.2, 0) is 0 Å². The van der Waals surface area contributed by atoms with Crippen LogP contribution in [0.5, 0.6) is 5.88 Å². The number of hydrogen-bond donors (Lipinski definition) is 2. The van der Waals surface area contributed by atoms with Crippen LogP contribution in [0.1, 0.15) is 0 Å². The van der Waals surface area contributed by atoms with Crippen molar-refractivity contribution in [2.45, 2.75) is 0 Å². The standard InChI is InChI=1S/C12H11ClN4O2/c1-19-11-3-2-9(7-15-11)17-12(18)16-8-4-5-14-10(13)6-8/h2-7H,1H3,(H2,14,16,17,18). The van der Waals surface area contributed by atoms with Crippen molar-refractivity contribution >= 4 is 29.0 Å². The Morgan fingerprint density at radius 1 is 1.21 bits per heavy atom. The molecule has 0 unspecified atom stereocenters. The lowest BCUT2D eigenvalue weighted by atomic mass is 10.4. The molecule has 7 heteroatoms. The number of nitrogens with one attached hydrogen (secondary N) is 2. The molecule has 0 aliphatic heterocycles. The van der Waals surface area contributed by atoms with Gasteiger partial charge in [0.25, 0.3) is 0 Å². The molecular weight excluding hydrogens is 268 g/mol. The first-order valence-electron chi connectivity index (χ1n) is 5.37. The molecule has 0 radical (unpaired) electrons. The summed E-state index contributed by atoms with van der Waals surface area (Å²) in [5.41, 5.74) is 1.11. The lowest BCUT2D eigenvalue weighted by molar-refractivity contribution is 0.262. The molecule has 19 heavy (non-hydrogen) atoms. The Hall–Kier alpha value is -2.34. The first-order chi connectivity index (χ1) is 9.17. The summed E-state index contributed by atoms with van der Waals surface area (Å²) in [5.74, 6) is 0.479. The van der Waals surface area contributed by atoms with Crippen LogP contribution in [0, 0.1) is 0 Å². The first-order valence-corrected chi connectivity index (χ1v) is 5.75. The first kappa shape index (κ1) is 13.1. The Morgan fingerprint density at radius 3 is 2.63 bits per heavy atom. The molecule has 2 amide bonds. The van der Waals surface area contributed by atoms with Gasteiger partial charge in [-0.15, -0.1) is 0 Å². The molecule has 0 saturated heterocycles. The minimum atomic E-state index is -0.394. The topological polar surface area (TPSA) is 76.1 Å². The number of nitrogens with zero attached hydrogens (tertiary/aromatic N) is 2. The number of hydrogen-bond acceptors (Lipinski definition) is 4. The van der Waals surface area contributed by atoms with Crippen molar-refractivity contribution in [3.63, 3.8) is 0 Å². The fraction of sp³-hybridized carbons (Fsp3) is 0.0833. The number of halogens is 1. The quantitative estimate of drug-likeness (QED) is 0.847. The molecule has 0 spiro atoms. The van der Waals surface area contributed by atoms with E-state index in [1.165, 1.54) is 19.5 Å². The van der Waals surface area contributed by atoms with Gasteiger partial charge in [0.2, 0.25) is 5.88 Å².